The maximum atomic E-state index is 6.18. The lowest BCUT2D eigenvalue weighted by Gasteiger charge is -2.38. The third-order valence-corrected chi connectivity index (χ3v) is 6.36. The van der Waals surface area contributed by atoms with Crippen LogP contribution in [0.4, 0.5) is 0 Å². The molecule has 0 bridgehead atoms. The van der Waals surface area contributed by atoms with Gasteiger partial charge >= 0.3 is 0 Å². The van der Waals surface area contributed by atoms with Gasteiger partial charge in [-0.15, -0.1) is 0 Å². The molecule has 3 aliphatic rings. The second-order valence-electron chi connectivity index (χ2n) is 8.44. The monoisotopic (exact) mass is 401 g/mol. The smallest absolute Gasteiger partial charge is 0.193 e. The van der Waals surface area contributed by atoms with Crippen molar-refractivity contribution in [1.29, 1.82) is 0 Å². The quantitative estimate of drug-likeness (QED) is 0.621. The Balaban J connectivity index is 1.36. The first-order valence-corrected chi connectivity index (χ1v) is 11.1. The highest BCUT2D eigenvalue weighted by molar-refractivity contribution is 5.80. The summed E-state index contributed by atoms with van der Waals surface area (Å²) >= 11 is 0. The number of nitrogens with zero attached hydrogens (tertiary/aromatic N) is 2. The fourth-order valence-corrected chi connectivity index (χ4v) is 4.72. The molecule has 29 heavy (non-hydrogen) atoms. The number of guanidine groups is 1. The summed E-state index contributed by atoms with van der Waals surface area (Å²) in [6, 6.07) is 8.77. The van der Waals surface area contributed by atoms with Crippen LogP contribution in [0.1, 0.15) is 42.9 Å². The van der Waals surface area contributed by atoms with E-state index in [0.717, 1.165) is 64.7 Å². The lowest BCUT2D eigenvalue weighted by molar-refractivity contribution is -0.0818. The van der Waals surface area contributed by atoms with Crippen LogP contribution >= 0.6 is 0 Å². The minimum Gasteiger partial charge on any atom is -0.375 e. The molecule has 3 saturated heterocycles. The minimum absolute atomic E-state index is 0.142. The predicted octanol–water partition coefficient (Wildman–Crippen LogP) is 2.92. The molecule has 160 valence electrons. The zero-order valence-electron chi connectivity index (χ0n) is 17.8. The Morgan fingerprint density at radius 3 is 2.55 bits per heavy atom. The van der Waals surface area contributed by atoms with Gasteiger partial charge in [-0.3, -0.25) is 4.99 Å². The van der Waals surface area contributed by atoms with Crippen molar-refractivity contribution in [2.24, 2.45) is 10.9 Å². The molecule has 3 fully saturated rings. The number of nitrogens with one attached hydrogen (secondary N) is 1. The average molecular weight is 402 g/mol. The third-order valence-electron chi connectivity index (χ3n) is 6.36. The largest absolute Gasteiger partial charge is 0.375 e. The molecule has 0 saturated carbocycles. The first-order chi connectivity index (χ1) is 14.2. The van der Waals surface area contributed by atoms with Gasteiger partial charge in [0, 0.05) is 45.8 Å². The van der Waals surface area contributed by atoms with Crippen molar-refractivity contribution in [2.75, 3.05) is 46.5 Å². The standard InChI is InChI=1S/C23H35N3O3/c1-17-7-9-18(10-8-17)22-19(5-3-13-29-22)15-25-23(24-2)26-11-14-28-21(16-26)20-6-4-12-27-20/h7-10,19-22H,3-6,11-16H2,1-2H3,(H,24,25). The van der Waals surface area contributed by atoms with Gasteiger partial charge in [0.15, 0.2) is 5.96 Å². The van der Waals surface area contributed by atoms with E-state index in [2.05, 4.69) is 46.4 Å². The lowest BCUT2D eigenvalue weighted by atomic mass is 9.89. The van der Waals surface area contributed by atoms with Gasteiger partial charge in [-0.1, -0.05) is 29.8 Å². The highest BCUT2D eigenvalue weighted by Gasteiger charge is 2.33. The number of morpholine rings is 1. The van der Waals surface area contributed by atoms with Crippen molar-refractivity contribution < 1.29 is 14.2 Å². The van der Waals surface area contributed by atoms with Gasteiger partial charge in [0.2, 0.25) is 0 Å². The second kappa shape index (κ2) is 9.92. The molecule has 0 aliphatic carbocycles. The van der Waals surface area contributed by atoms with Gasteiger partial charge in [-0.25, -0.2) is 0 Å². The van der Waals surface area contributed by atoms with E-state index in [1.165, 1.54) is 17.5 Å². The van der Waals surface area contributed by atoms with E-state index in [1.54, 1.807) is 0 Å². The van der Waals surface area contributed by atoms with Crippen LogP contribution in [0, 0.1) is 12.8 Å². The highest BCUT2D eigenvalue weighted by atomic mass is 16.5. The van der Waals surface area contributed by atoms with Crippen molar-refractivity contribution >= 4 is 5.96 Å². The molecule has 0 amide bonds. The minimum atomic E-state index is 0.142. The number of benzene rings is 1. The Morgan fingerprint density at radius 1 is 1.03 bits per heavy atom. The number of rotatable bonds is 4. The topological polar surface area (TPSA) is 55.3 Å². The second-order valence-corrected chi connectivity index (χ2v) is 8.44. The molecular formula is C23H35N3O3. The van der Waals surface area contributed by atoms with E-state index in [4.69, 9.17) is 14.2 Å². The number of ether oxygens (including phenoxy) is 3. The molecule has 0 spiro atoms. The van der Waals surface area contributed by atoms with E-state index in [0.29, 0.717) is 5.92 Å². The predicted molar refractivity (Wildman–Crippen MR) is 114 cm³/mol. The van der Waals surface area contributed by atoms with Crippen LogP contribution in [0.3, 0.4) is 0 Å². The molecular weight excluding hydrogens is 366 g/mol. The molecule has 4 rings (SSSR count). The fraction of sp³-hybridized carbons (Fsp3) is 0.696. The van der Waals surface area contributed by atoms with Gasteiger partial charge in [-0.2, -0.15) is 0 Å². The molecule has 1 aromatic rings. The van der Waals surface area contributed by atoms with Gasteiger partial charge in [0.05, 0.1) is 18.8 Å². The Labute approximate surface area is 174 Å². The van der Waals surface area contributed by atoms with Crippen LogP contribution in [-0.4, -0.2) is 69.6 Å². The van der Waals surface area contributed by atoms with E-state index in [1.807, 2.05) is 7.05 Å². The molecule has 1 aromatic carbocycles. The Kier molecular flexibility index (Phi) is 7.06. The average Bonchev–Trinajstić information content (AvgIpc) is 3.30. The summed E-state index contributed by atoms with van der Waals surface area (Å²) in [5.74, 6) is 1.41. The first-order valence-electron chi connectivity index (χ1n) is 11.1. The summed E-state index contributed by atoms with van der Waals surface area (Å²) < 4.78 is 18.0. The van der Waals surface area contributed by atoms with Crippen molar-refractivity contribution in [3.63, 3.8) is 0 Å². The molecule has 4 atom stereocenters. The van der Waals surface area contributed by atoms with Gasteiger partial charge in [0.1, 0.15) is 6.10 Å². The molecule has 3 heterocycles. The Morgan fingerprint density at radius 2 is 1.79 bits per heavy atom. The van der Waals surface area contributed by atoms with Gasteiger partial charge in [-0.05, 0) is 38.2 Å². The maximum absolute atomic E-state index is 6.18. The van der Waals surface area contributed by atoms with Crippen molar-refractivity contribution in [3.8, 4) is 0 Å². The number of hydrogen-bond donors (Lipinski definition) is 1. The molecule has 6 heteroatoms. The van der Waals surface area contributed by atoms with Crippen LogP contribution in [0.2, 0.25) is 0 Å². The van der Waals surface area contributed by atoms with Crippen molar-refractivity contribution in [3.05, 3.63) is 35.4 Å². The van der Waals surface area contributed by atoms with Crippen LogP contribution < -0.4 is 5.32 Å². The zero-order valence-corrected chi connectivity index (χ0v) is 17.8. The van der Waals surface area contributed by atoms with E-state index < -0.39 is 0 Å². The van der Waals surface area contributed by atoms with Crippen LogP contribution in [-0.2, 0) is 14.2 Å². The number of aliphatic imine (C=N–C) groups is 1. The van der Waals surface area contributed by atoms with Gasteiger partial charge < -0.3 is 24.4 Å². The summed E-state index contributed by atoms with van der Waals surface area (Å²) in [4.78, 5) is 6.88. The summed E-state index contributed by atoms with van der Waals surface area (Å²) in [7, 11) is 1.87. The molecule has 4 unspecified atom stereocenters. The van der Waals surface area contributed by atoms with E-state index in [-0.39, 0.29) is 18.3 Å². The summed E-state index contributed by atoms with van der Waals surface area (Å²) in [6.07, 6.45) is 5.05. The SMILES string of the molecule is CN=C(NCC1CCCOC1c1ccc(C)cc1)N1CCOC(C2CCCO2)C1. The zero-order chi connectivity index (χ0) is 20.1. The van der Waals surface area contributed by atoms with E-state index >= 15 is 0 Å². The first kappa shape index (κ1) is 20.6. The molecule has 3 aliphatic heterocycles. The highest BCUT2D eigenvalue weighted by Crippen LogP contribution is 2.33. The Bertz CT molecular complexity index is 672. The van der Waals surface area contributed by atoms with Crippen LogP contribution in [0.25, 0.3) is 0 Å². The third kappa shape index (κ3) is 5.11. The normalized spacial score (nSPS) is 31.1. The molecule has 0 aromatic heterocycles. The summed E-state index contributed by atoms with van der Waals surface area (Å²) in [5, 5.41) is 3.63. The maximum Gasteiger partial charge on any atom is 0.193 e. The van der Waals surface area contributed by atoms with E-state index in [9.17, 15) is 0 Å². The van der Waals surface area contributed by atoms with Gasteiger partial charge in [0.25, 0.3) is 0 Å². The molecule has 6 nitrogen and oxygen atoms in total. The number of aryl methyl sites for hydroxylation is 1. The molecule has 1 N–H and O–H groups in total. The summed E-state index contributed by atoms with van der Waals surface area (Å²) in [6.45, 7) is 7.13. The summed E-state index contributed by atoms with van der Waals surface area (Å²) in [5.41, 5.74) is 2.56. The van der Waals surface area contributed by atoms with Crippen LogP contribution in [0.15, 0.2) is 29.3 Å². The van der Waals surface area contributed by atoms with Crippen molar-refractivity contribution in [1.82, 2.24) is 10.2 Å². The molecule has 0 radical (unpaired) electrons. The van der Waals surface area contributed by atoms with Crippen molar-refractivity contribution in [2.45, 2.75) is 50.9 Å². The Hall–Kier alpha value is -1.63. The fourth-order valence-electron chi connectivity index (χ4n) is 4.72. The lowest BCUT2D eigenvalue weighted by Crippen LogP contribution is -2.54. The van der Waals surface area contributed by atoms with Crippen LogP contribution in [0.5, 0.6) is 0 Å². The number of hydrogen-bond acceptors (Lipinski definition) is 4.